The number of carbonyl (C=O) groups excluding carboxylic acids is 2. The van der Waals surface area contributed by atoms with Gasteiger partial charge in [-0.15, -0.1) is 0 Å². The molecule has 0 bridgehead atoms. The predicted molar refractivity (Wildman–Crippen MR) is 78.3 cm³/mol. The van der Waals surface area contributed by atoms with Gasteiger partial charge < -0.3 is 15.1 Å². The monoisotopic (exact) mass is 286 g/mol. The zero-order chi connectivity index (χ0) is 15.1. The van der Waals surface area contributed by atoms with Crippen LogP contribution in [0.15, 0.2) is 53.1 Å². The topological polar surface area (TPSA) is 71.3 Å². The van der Waals surface area contributed by atoms with Crippen molar-refractivity contribution in [3.8, 4) is 0 Å². The summed E-state index contributed by atoms with van der Waals surface area (Å²) in [5, 5.41) is 5.38. The van der Waals surface area contributed by atoms with Crippen LogP contribution in [0.4, 0.5) is 0 Å². The van der Waals surface area contributed by atoms with Crippen molar-refractivity contribution in [1.29, 1.82) is 0 Å². The van der Waals surface area contributed by atoms with Crippen molar-refractivity contribution in [2.45, 2.75) is 25.9 Å². The third-order valence-electron chi connectivity index (χ3n) is 3.00. The highest BCUT2D eigenvalue weighted by Crippen LogP contribution is 2.01. The van der Waals surface area contributed by atoms with Gasteiger partial charge in [0, 0.05) is 0 Å². The molecular weight excluding hydrogens is 268 g/mol. The fraction of sp³-hybridized carbons (Fsp3) is 0.250. The summed E-state index contributed by atoms with van der Waals surface area (Å²) < 4.78 is 5.12. The normalized spacial score (nSPS) is 11.7. The van der Waals surface area contributed by atoms with Gasteiger partial charge in [0.15, 0.2) is 0 Å². The molecule has 5 heteroatoms. The molecule has 110 valence electrons. The van der Waals surface area contributed by atoms with E-state index in [1.54, 1.807) is 25.3 Å². The van der Waals surface area contributed by atoms with Crippen molar-refractivity contribution in [3.05, 3.63) is 60.1 Å². The second kappa shape index (κ2) is 7.28. The van der Waals surface area contributed by atoms with Crippen LogP contribution in [-0.2, 0) is 22.6 Å². The van der Waals surface area contributed by atoms with Crippen molar-refractivity contribution in [3.63, 3.8) is 0 Å². The van der Waals surface area contributed by atoms with E-state index in [4.69, 9.17) is 4.42 Å². The Bertz CT molecular complexity index is 579. The molecule has 0 spiro atoms. The molecule has 1 aromatic heterocycles. The largest absolute Gasteiger partial charge is 0.467 e. The van der Waals surface area contributed by atoms with Crippen LogP contribution in [0.25, 0.3) is 0 Å². The second-order valence-electron chi connectivity index (χ2n) is 4.75. The molecular formula is C16H18N2O3. The van der Waals surface area contributed by atoms with E-state index >= 15 is 0 Å². The molecule has 1 aromatic carbocycles. The summed E-state index contributed by atoms with van der Waals surface area (Å²) in [6.45, 7) is 1.96. The number of nitrogens with one attached hydrogen (secondary N) is 2. The van der Waals surface area contributed by atoms with Gasteiger partial charge in [-0.3, -0.25) is 9.59 Å². The molecule has 5 nitrogen and oxygen atoms in total. The van der Waals surface area contributed by atoms with E-state index in [-0.39, 0.29) is 18.2 Å². The van der Waals surface area contributed by atoms with E-state index in [9.17, 15) is 9.59 Å². The van der Waals surface area contributed by atoms with Crippen LogP contribution in [0.5, 0.6) is 0 Å². The number of benzene rings is 1. The summed E-state index contributed by atoms with van der Waals surface area (Å²) in [5.74, 6) is 0.251. The first kappa shape index (κ1) is 14.8. The number of hydrogen-bond acceptors (Lipinski definition) is 3. The van der Waals surface area contributed by atoms with Gasteiger partial charge in [0.25, 0.3) is 0 Å². The molecule has 0 unspecified atom stereocenters. The van der Waals surface area contributed by atoms with Gasteiger partial charge in [-0.2, -0.15) is 0 Å². The quantitative estimate of drug-likeness (QED) is 0.848. The summed E-state index contributed by atoms with van der Waals surface area (Å²) in [5.41, 5.74) is 0.915. The Labute approximate surface area is 123 Å². The lowest BCUT2D eigenvalue weighted by molar-refractivity contribution is -0.128. The predicted octanol–water partition coefficient (Wildman–Crippen LogP) is 1.64. The minimum Gasteiger partial charge on any atom is -0.467 e. The number of furan rings is 1. The Morgan fingerprint density at radius 1 is 1.14 bits per heavy atom. The second-order valence-corrected chi connectivity index (χ2v) is 4.75. The van der Waals surface area contributed by atoms with Crippen molar-refractivity contribution in [2.75, 3.05) is 0 Å². The van der Waals surface area contributed by atoms with Gasteiger partial charge in [0.2, 0.25) is 11.8 Å². The molecule has 0 saturated heterocycles. The third kappa shape index (κ3) is 4.80. The lowest BCUT2D eigenvalue weighted by Gasteiger charge is -2.13. The Balaban J connectivity index is 1.76. The average Bonchev–Trinajstić information content (AvgIpc) is 2.98. The minimum absolute atomic E-state index is 0.179. The minimum atomic E-state index is -0.587. The Kier molecular flexibility index (Phi) is 5.15. The van der Waals surface area contributed by atoms with E-state index in [0.717, 1.165) is 5.56 Å². The van der Waals surface area contributed by atoms with Crippen LogP contribution in [0.1, 0.15) is 18.2 Å². The highest BCUT2D eigenvalue weighted by molar-refractivity contribution is 5.87. The fourth-order valence-corrected chi connectivity index (χ4v) is 1.88. The van der Waals surface area contributed by atoms with Crippen LogP contribution in [0.2, 0.25) is 0 Å². The molecule has 0 radical (unpaired) electrons. The molecule has 0 aliphatic carbocycles. The van der Waals surface area contributed by atoms with Crippen LogP contribution >= 0.6 is 0 Å². The highest BCUT2D eigenvalue weighted by atomic mass is 16.3. The number of amides is 2. The molecule has 2 N–H and O–H groups in total. The van der Waals surface area contributed by atoms with Gasteiger partial charge in [-0.1, -0.05) is 30.3 Å². The molecule has 2 rings (SSSR count). The van der Waals surface area contributed by atoms with Crippen LogP contribution < -0.4 is 10.6 Å². The lowest BCUT2D eigenvalue weighted by atomic mass is 10.1. The first-order chi connectivity index (χ1) is 10.1. The zero-order valence-corrected chi connectivity index (χ0v) is 11.8. The summed E-state index contributed by atoms with van der Waals surface area (Å²) in [6.07, 6.45) is 1.81. The summed E-state index contributed by atoms with van der Waals surface area (Å²) in [6, 6.07) is 12.3. The Hall–Kier alpha value is -2.56. The van der Waals surface area contributed by atoms with Crippen LogP contribution in [-0.4, -0.2) is 17.9 Å². The van der Waals surface area contributed by atoms with E-state index < -0.39 is 6.04 Å². The van der Waals surface area contributed by atoms with Gasteiger partial charge in [0.1, 0.15) is 11.8 Å². The van der Waals surface area contributed by atoms with E-state index in [0.29, 0.717) is 12.3 Å². The molecule has 0 fully saturated rings. The Morgan fingerprint density at radius 3 is 2.57 bits per heavy atom. The van der Waals surface area contributed by atoms with Crippen molar-refractivity contribution >= 4 is 11.8 Å². The summed E-state index contributed by atoms with van der Waals surface area (Å²) in [7, 11) is 0. The molecule has 0 saturated carbocycles. The molecule has 0 aliphatic heterocycles. The molecule has 1 heterocycles. The highest BCUT2D eigenvalue weighted by Gasteiger charge is 2.15. The number of hydrogen-bond donors (Lipinski definition) is 2. The molecule has 2 amide bonds. The first-order valence-electron chi connectivity index (χ1n) is 6.78. The maximum atomic E-state index is 11.9. The van der Waals surface area contributed by atoms with Crippen molar-refractivity contribution < 1.29 is 14.0 Å². The molecule has 2 aromatic rings. The van der Waals surface area contributed by atoms with Gasteiger partial charge in [0.05, 0.1) is 19.2 Å². The molecule has 0 aliphatic rings. The van der Waals surface area contributed by atoms with Crippen molar-refractivity contribution in [2.24, 2.45) is 0 Å². The van der Waals surface area contributed by atoms with E-state index in [2.05, 4.69) is 10.6 Å². The SMILES string of the molecule is C[C@@H](NC(=O)Cc1ccccc1)C(=O)NCc1ccco1. The maximum Gasteiger partial charge on any atom is 0.242 e. The lowest BCUT2D eigenvalue weighted by Crippen LogP contribution is -2.45. The fourth-order valence-electron chi connectivity index (χ4n) is 1.88. The van der Waals surface area contributed by atoms with Crippen LogP contribution in [0.3, 0.4) is 0 Å². The molecule has 1 atom stereocenters. The van der Waals surface area contributed by atoms with E-state index in [1.165, 1.54) is 0 Å². The molecule has 21 heavy (non-hydrogen) atoms. The van der Waals surface area contributed by atoms with Crippen LogP contribution in [0, 0.1) is 0 Å². The Morgan fingerprint density at radius 2 is 1.90 bits per heavy atom. The third-order valence-corrected chi connectivity index (χ3v) is 3.00. The van der Waals surface area contributed by atoms with E-state index in [1.807, 2.05) is 30.3 Å². The number of carbonyl (C=O) groups is 2. The van der Waals surface area contributed by atoms with Gasteiger partial charge in [-0.25, -0.2) is 0 Å². The van der Waals surface area contributed by atoms with Crippen molar-refractivity contribution in [1.82, 2.24) is 10.6 Å². The van der Waals surface area contributed by atoms with Gasteiger partial charge >= 0.3 is 0 Å². The summed E-state index contributed by atoms with van der Waals surface area (Å²) in [4.78, 5) is 23.7. The summed E-state index contributed by atoms with van der Waals surface area (Å²) >= 11 is 0. The first-order valence-corrected chi connectivity index (χ1v) is 6.78. The number of rotatable bonds is 6. The standard InChI is InChI=1S/C16H18N2O3/c1-12(16(20)17-11-14-8-5-9-21-14)18-15(19)10-13-6-3-2-4-7-13/h2-9,12H,10-11H2,1H3,(H,17,20)(H,18,19)/t12-/m1/s1. The zero-order valence-electron chi connectivity index (χ0n) is 11.8. The smallest absolute Gasteiger partial charge is 0.242 e. The van der Waals surface area contributed by atoms with Gasteiger partial charge in [-0.05, 0) is 24.6 Å². The average molecular weight is 286 g/mol. The maximum absolute atomic E-state index is 11.9.